The molecule has 1 aromatic heterocycles. The number of rotatable bonds is 7. The van der Waals surface area contributed by atoms with E-state index in [1.54, 1.807) is 7.05 Å². The van der Waals surface area contributed by atoms with E-state index in [-0.39, 0.29) is 0 Å². The van der Waals surface area contributed by atoms with Gasteiger partial charge in [0.25, 0.3) is 0 Å². The van der Waals surface area contributed by atoms with Crippen LogP contribution in [0.25, 0.3) is 0 Å². The molecule has 124 valence electrons. The minimum atomic E-state index is 0.302. The minimum Gasteiger partial charge on any atom is -0.376 e. The van der Waals surface area contributed by atoms with Crippen LogP contribution in [0, 0.1) is 0 Å². The highest BCUT2D eigenvalue weighted by Crippen LogP contribution is 2.11. The van der Waals surface area contributed by atoms with Crippen LogP contribution in [0.5, 0.6) is 0 Å². The number of nitrogens with zero attached hydrogens (tertiary/aromatic N) is 3. The first-order chi connectivity index (χ1) is 10.7. The van der Waals surface area contributed by atoms with Crippen molar-refractivity contribution in [1.82, 2.24) is 20.8 Å². The molecule has 0 radical (unpaired) electrons. The number of nitrogens with one attached hydrogen (secondary N) is 2. The smallest absolute Gasteiger partial charge is 0.226 e. The fourth-order valence-electron chi connectivity index (χ4n) is 2.29. The van der Waals surface area contributed by atoms with E-state index in [9.17, 15) is 0 Å². The highest BCUT2D eigenvalue weighted by atomic mass is 16.5. The van der Waals surface area contributed by atoms with Crippen molar-refractivity contribution >= 4 is 5.96 Å². The Morgan fingerprint density at radius 1 is 1.41 bits per heavy atom. The standard InChI is InChI=1S/C15H27N5O2/c1-11(2)14-19-13(22-20-14)7-4-8-17-15(16-3)18-10-12-6-5-9-21-12/h11-12H,4-10H2,1-3H3,(H2,16,17,18). The van der Waals surface area contributed by atoms with Crippen LogP contribution in [0.3, 0.4) is 0 Å². The van der Waals surface area contributed by atoms with Crippen LogP contribution in [0.1, 0.15) is 50.7 Å². The summed E-state index contributed by atoms with van der Waals surface area (Å²) in [6, 6.07) is 0. The van der Waals surface area contributed by atoms with Crippen molar-refractivity contribution in [3.8, 4) is 0 Å². The Balaban J connectivity index is 1.61. The van der Waals surface area contributed by atoms with Gasteiger partial charge in [0.1, 0.15) is 0 Å². The number of guanidine groups is 1. The fourth-order valence-corrected chi connectivity index (χ4v) is 2.29. The monoisotopic (exact) mass is 309 g/mol. The Hall–Kier alpha value is -1.63. The maximum Gasteiger partial charge on any atom is 0.226 e. The number of aliphatic imine (C=N–C) groups is 1. The van der Waals surface area contributed by atoms with Crippen LogP contribution in [0.15, 0.2) is 9.52 Å². The lowest BCUT2D eigenvalue weighted by molar-refractivity contribution is 0.114. The Morgan fingerprint density at radius 3 is 2.91 bits per heavy atom. The molecule has 2 rings (SSSR count). The highest BCUT2D eigenvalue weighted by molar-refractivity contribution is 5.79. The fraction of sp³-hybridized carbons (Fsp3) is 0.800. The summed E-state index contributed by atoms with van der Waals surface area (Å²) in [6.07, 6.45) is 4.28. The largest absolute Gasteiger partial charge is 0.376 e. The number of aromatic nitrogens is 2. The molecule has 1 aliphatic rings. The first kappa shape index (κ1) is 16.7. The molecule has 1 unspecified atom stereocenters. The molecule has 1 atom stereocenters. The normalized spacial score (nSPS) is 18.9. The third kappa shape index (κ3) is 5.29. The van der Waals surface area contributed by atoms with Crippen molar-refractivity contribution in [2.75, 3.05) is 26.7 Å². The summed E-state index contributed by atoms with van der Waals surface area (Å²) < 4.78 is 10.8. The van der Waals surface area contributed by atoms with Crippen LogP contribution in [-0.4, -0.2) is 48.9 Å². The van der Waals surface area contributed by atoms with Crippen LogP contribution in [-0.2, 0) is 11.2 Å². The van der Waals surface area contributed by atoms with E-state index in [2.05, 4.69) is 39.6 Å². The van der Waals surface area contributed by atoms with Crippen molar-refractivity contribution in [2.45, 2.75) is 51.6 Å². The molecule has 1 saturated heterocycles. The molecule has 0 bridgehead atoms. The second kappa shape index (κ2) is 8.73. The SMILES string of the molecule is CN=C(NCCCc1nc(C(C)C)no1)NCC1CCCO1. The second-order valence-corrected chi connectivity index (χ2v) is 5.82. The molecule has 0 aliphatic carbocycles. The quantitative estimate of drug-likeness (QED) is 0.451. The summed E-state index contributed by atoms with van der Waals surface area (Å²) in [5, 5.41) is 10.5. The van der Waals surface area contributed by atoms with E-state index in [4.69, 9.17) is 9.26 Å². The second-order valence-electron chi connectivity index (χ2n) is 5.82. The number of aryl methyl sites for hydroxylation is 1. The van der Waals surface area contributed by atoms with Gasteiger partial charge >= 0.3 is 0 Å². The van der Waals surface area contributed by atoms with Crippen molar-refractivity contribution < 1.29 is 9.26 Å². The van der Waals surface area contributed by atoms with Gasteiger partial charge < -0.3 is 19.9 Å². The zero-order valence-corrected chi connectivity index (χ0v) is 13.8. The van der Waals surface area contributed by atoms with Gasteiger partial charge in [-0.2, -0.15) is 4.98 Å². The summed E-state index contributed by atoms with van der Waals surface area (Å²) in [5.74, 6) is 2.59. The number of hydrogen-bond donors (Lipinski definition) is 2. The first-order valence-electron chi connectivity index (χ1n) is 8.07. The van der Waals surface area contributed by atoms with Gasteiger partial charge in [-0.1, -0.05) is 19.0 Å². The average molecular weight is 309 g/mol. The molecule has 0 saturated carbocycles. The van der Waals surface area contributed by atoms with E-state index in [1.807, 2.05) is 0 Å². The maximum atomic E-state index is 5.58. The molecule has 0 amide bonds. The van der Waals surface area contributed by atoms with Crippen LogP contribution in [0.4, 0.5) is 0 Å². The van der Waals surface area contributed by atoms with Gasteiger partial charge in [0.2, 0.25) is 5.89 Å². The Labute approximate surface area is 131 Å². The highest BCUT2D eigenvalue weighted by Gasteiger charge is 2.15. The predicted molar refractivity (Wildman–Crippen MR) is 85.0 cm³/mol. The number of ether oxygens (including phenoxy) is 1. The zero-order valence-electron chi connectivity index (χ0n) is 13.8. The van der Waals surface area contributed by atoms with Gasteiger partial charge in [-0.25, -0.2) is 0 Å². The van der Waals surface area contributed by atoms with Gasteiger partial charge in [0, 0.05) is 39.1 Å². The van der Waals surface area contributed by atoms with Crippen LogP contribution >= 0.6 is 0 Å². The molecule has 1 aromatic rings. The van der Waals surface area contributed by atoms with E-state index < -0.39 is 0 Å². The minimum absolute atomic E-state index is 0.302. The van der Waals surface area contributed by atoms with E-state index in [0.29, 0.717) is 17.9 Å². The first-order valence-corrected chi connectivity index (χ1v) is 8.07. The molecular formula is C15H27N5O2. The van der Waals surface area contributed by atoms with Gasteiger partial charge in [-0.3, -0.25) is 4.99 Å². The van der Waals surface area contributed by atoms with E-state index >= 15 is 0 Å². The summed E-state index contributed by atoms with van der Waals surface area (Å²) >= 11 is 0. The number of hydrogen-bond acceptors (Lipinski definition) is 5. The molecule has 0 spiro atoms. The van der Waals surface area contributed by atoms with Crippen molar-refractivity contribution in [3.63, 3.8) is 0 Å². The Bertz CT molecular complexity index is 466. The lowest BCUT2D eigenvalue weighted by Crippen LogP contribution is -2.41. The molecule has 22 heavy (non-hydrogen) atoms. The molecule has 2 N–H and O–H groups in total. The maximum absolute atomic E-state index is 5.58. The third-order valence-corrected chi connectivity index (χ3v) is 3.60. The molecule has 7 nitrogen and oxygen atoms in total. The summed E-state index contributed by atoms with van der Waals surface area (Å²) in [6.45, 7) is 6.60. The summed E-state index contributed by atoms with van der Waals surface area (Å²) in [4.78, 5) is 8.58. The topological polar surface area (TPSA) is 84.6 Å². The van der Waals surface area contributed by atoms with Gasteiger partial charge in [-0.15, -0.1) is 0 Å². The lowest BCUT2D eigenvalue weighted by Gasteiger charge is -2.14. The van der Waals surface area contributed by atoms with Gasteiger partial charge in [0.05, 0.1) is 6.10 Å². The van der Waals surface area contributed by atoms with Gasteiger partial charge in [-0.05, 0) is 19.3 Å². The zero-order chi connectivity index (χ0) is 15.8. The Kier molecular flexibility index (Phi) is 6.64. The summed E-state index contributed by atoms with van der Waals surface area (Å²) in [7, 11) is 1.78. The van der Waals surface area contributed by atoms with Crippen LogP contribution < -0.4 is 10.6 Å². The third-order valence-electron chi connectivity index (χ3n) is 3.60. The lowest BCUT2D eigenvalue weighted by atomic mass is 10.2. The summed E-state index contributed by atoms with van der Waals surface area (Å²) in [5.41, 5.74) is 0. The molecular weight excluding hydrogens is 282 g/mol. The van der Waals surface area contributed by atoms with E-state index in [0.717, 1.165) is 57.2 Å². The van der Waals surface area contributed by atoms with Gasteiger partial charge in [0.15, 0.2) is 11.8 Å². The molecule has 1 aliphatic heterocycles. The average Bonchev–Trinajstić information content (AvgIpc) is 3.18. The van der Waals surface area contributed by atoms with Crippen LogP contribution in [0.2, 0.25) is 0 Å². The molecule has 1 fully saturated rings. The molecule has 2 heterocycles. The molecule has 0 aromatic carbocycles. The Morgan fingerprint density at radius 2 is 2.27 bits per heavy atom. The predicted octanol–water partition coefficient (Wildman–Crippen LogP) is 1.47. The van der Waals surface area contributed by atoms with Crippen molar-refractivity contribution in [3.05, 3.63) is 11.7 Å². The van der Waals surface area contributed by atoms with E-state index in [1.165, 1.54) is 0 Å². The van der Waals surface area contributed by atoms with Crippen molar-refractivity contribution in [2.24, 2.45) is 4.99 Å². The molecule has 7 heteroatoms. The van der Waals surface area contributed by atoms with Crippen molar-refractivity contribution in [1.29, 1.82) is 0 Å².